The Labute approximate surface area is 153 Å². The molecule has 1 aromatic heterocycles. The van der Waals surface area contributed by atoms with Crippen molar-refractivity contribution in [2.24, 2.45) is 0 Å². The lowest BCUT2D eigenvalue weighted by atomic mass is 10.2. The molecule has 0 radical (unpaired) electrons. The molecule has 1 heterocycles. The zero-order valence-corrected chi connectivity index (χ0v) is 14.4. The molecule has 1 N–H and O–H groups in total. The summed E-state index contributed by atoms with van der Waals surface area (Å²) in [5.41, 5.74) is 1.48. The molecule has 0 fully saturated rings. The third-order valence-electron chi connectivity index (χ3n) is 3.60. The summed E-state index contributed by atoms with van der Waals surface area (Å²) in [6, 6.07) is 14.8. The minimum absolute atomic E-state index is 0.134. The van der Waals surface area contributed by atoms with Crippen LogP contribution in [0.5, 0.6) is 0 Å². The van der Waals surface area contributed by atoms with Crippen molar-refractivity contribution in [3.05, 3.63) is 77.1 Å². The van der Waals surface area contributed by atoms with Crippen molar-refractivity contribution >= 4 is 29.0 Å². The first-order valence-corrected chi connectivity index (χ1v) is 8.62. The van der Waals surface area contributed by atoms with E-state index in [1.165, 1.54) is 34.5 Å². The topological polar surface area (TPSA) is 75.2 Å². The van der Waals surface area contributed by atoms with E-state index in [0.717, 1.165) is 17.1 Å². The van der Waals surface area contributed by atoms with Crippen molar-refractivity contribution in [3.8, 4) is 0 Å². The summed E-state index contributed by atoms with van der Waals surface area (Å²) in [4.78, 5) is 26.2. The summed E-state index contributed by atoms with van der Waals surface area (Å²) in [6.45, 7) is 0.137. The number of nitrogens with one attached hydrogen (secondary N) is 1. The zero-order valence-electron chi connectivity index (χ0n) is 13.6. The molecule has 0 atom stereocenters. The van der Waals surface area contributed by atoms with Gasteiger partial charge in [-0.3, -0.25) is 14.5 Å². The van der Waals surface area contributed by atoms with Gasteiger partial charge in [0.25, 0.3) is 5.91 Å². The van der Waals surface area contributed by atoms with Gasteiger partial charge in [-0.15, -0.1) is 5.10 Å². The van der Waals surface area contributed by atoms with E-state index in [1.54, 1.807) is 0 Å². The molecule has 2 aromatic carbocycles. The third-order valence-corrected chi connectivity index (χ3v) is 4.10. The number of hydrogen-bond donors (Lipinski definition) is 1. The van der Waals surface area contributed by atoms with E-state index in [-0.39, 0.29) is 18.1 Å². The molecule has 0 spiro atoms. The van der Waals surface area contributed by atoms with Crippen molar-refractivity contribution in [3.63, 3.8) is 0 Å². The largest absolute Gasteiger partial charge is 0.350 e. The van der Waals surface area contributed by atoms with Crippen molar-refractivity contribution in [1.29, 1.82) is 0 Å². The van der Waals surface area contributed by atoms with Crippen LogP contribution in [-0.4, -0.2) is 27.9 Å². The number of benzene rings is 2. The Bertz CT molecular complexity index is 870. The highest BCUT2D eigenvalue weighted by Gasteiger charge is 2.22. The number of hydrogen-bond acceptors (Lipinski definition) is 5. The molecule has 0 bridgehead atoms. The molecule has 6 nitrogen and oxygen atoms in total. The molecule has 0 aliphatic carbocycles. The van der Waals surface area contributed by atoms with E-state index in [1.807, 2.05) is 30.3 Å². The number of carbonyl (C=O) groups excluding carboxylic acids is 2. The Morgan fingerprint density at radius 3 is 2.46 bits per heavy atom. The van der Waals surface area contributed by atoms with E-state index in [0.29, 0.717) is 12.2 Å². The van der Waals surface area contributed by atoms with Crippen molar-refractivity contribution in [1.82, 2.24) is 14.9 Å². The van der Waals surface area contributed by atoms with Crippen LogP contribution in [-0.2, 0) is 11.3 Å². The number of aromatic nitrogens is 2. The fourth-order valence-electron chi connectivity index (χ4n) is 2.29. The smallest absolute Gasteiger partial charge is 0.280 e. The average Bonchev–Trinajstić information content (AvgIpc) is 3.20. The van der Waals surface area contributed by atoms with E-state index >= 15 is 0 Å². The average molecular weight is 370 g/mol. The summed E-state index contributed by atoms with van der Waals surface area (Å²) in [5, 5.41) is 8.02. The van der Waals surface area contributed by atoms with Crippen LogP contribution in [0.2, 0.25) is 0 Å². The molecule has 0 aliphatic heterocycles. The molecular formula is C18H15FN4O2S. The molecule has 26 heavy (non-hydrogen) atoms. The lowest BCUT2D eigenvalue weighted by molar-refractivity contribution is -0.119. The van der Waals surface area contributed by atoms with Crippen molar-refractivity contribution in [2.75, 3.05) is 11.4 Å². The number of carbonyl (C=O) groups is 2. The normalized spacial score (nSPS) is 10.3. The van der Waals surface area contributed by atoms with Crippen LogP contribution < -0.4 is 10.2 Å². The second-order valence-corrected chi connectivity index (χ2v) is 6.03. The Balaban J connectivity index is 1.73. The highest BCUT2D eigenvalue weighted by atomic mass is 32.1. The molecule has 0 saturated heterocycles. The summed E-state index contributed by atoms with van der Waals surface area (Å²) in [5.74, 6) is -1.24. The second-order valence-electron chi connectivity index (χ2n) is 5.42. The Kier molecular flexibility index (Phi) is 5.65. The maximum absolute atomic E-state index is 13.2. The molecule has 3 rings (SSSR count). The van der Waals surface area contributed by atoms with Crippen LogP contribution in [0.1, 0.15) is 16.1 Å². The summed E-state index contributed by atoms with van der Waals surface area (Å²) >= 11 is 1.04. The minimum atomic E-state index is -0.472. The number of nitrogens with zero attached hydrogens (tertiary/aromatic N) is 3. The van der Waals surface area contributed by atoms with Crippen LogP contribution in [0.4, 0.5) is 10.1 Å². The summed E-state index contributed by atoms with van der Waals surface area (Å²) in [7, 11) is 0. The minimum Gasteiger partial charge on any atom is -0.350 e. The quantitative estimate of drug-likeness (QED) is 0.724. The first-order chi connectivity index (χ1) is 12.6. The van der Waals surface area contributed by atoms with Gasteiger partial charge in [0.2, 0.25) is 5.91 Å². The van der Waals surface area contributed by atoms with Gasteiger partial charge >= 0.3 is 0 Å². The Morgan fingerprint density at radius 1 is 1.08 bits per heavy atom. The molecule has 0 unspecified atom stereocenters. The van der Waals surface area contributed by atoms with E-state index in [2.05, 4.69) is 14.9 Å². The van der Waals surface area contributed by atoms with Gasteiger partial charge in [0.05, 0.1) is 0 Å². The Hall–Kier alpha value is -3.13. The van der Waals surface area contributed by atoms with E-state index < -0.39 is 11.7 Å². The van der Waals surface area contributed by atoms with Gasteiger partial charge in [0, 0.05) is 17.6 Å². The van der Waals surface area contributed by atoms with Gasteiger partial charge in [0.1, 0.15) is 12.4 Å². The third kappa shape index (κ3) is 4.48. The molecule has 0 aliphatic rings. The first-order valence-electron chi connectivity index (χ1n) is 7.78. The predicted octanol–water partition coefficient (Wildman–Crippen LogP) is 2.64. The van der Waals surface area contributed by atoms with Gasteiger partial charge in [-0.1, -0.05) is 34.8 Å². The highest BCUT2D eigenvalue weighted by molar-refractivity contribution is 7.03. The van der Waals surface area contributed by atoms with Gasteiger partial charge in [0.15, 0.2) is 5.69 Å². The van der Waals surface area contributed by atoms with Crippen molar-refractivity contribution < 1.29 is 14.0 Å². The van der Waals surface area contributed by atoms with Crippen LogP contribution in [0.3, 0.4) is 0 Å². The number of rotatable bonds is 6. The number of anilines is 1. The number of amides is 2. The van der Waals surface area contributed by atoms with Gasteiger partial charge in [-0.05, 0) is 41.4 Å². The lowest BCUT2D eigenvalue weighted by Gasteiger charge is -2.21. The number of halogens is 1. The maximum Gasteiger partial charge on any atom is 0.280 e. The highest BCUT2D eigenvalue weighted by Crippen LogP contribution is 2.17. The zero-order chi connectivity index (χ0) is 18.4. The predicted molar refractivity (Wildman–Crippen MR) is 96.3 cm³/mol. The standard InChI is InChI=1S/C18H15FN4O2S/c19-14-6-8-15(9-7-14)23(18(25)16-12-26-22-21-16)11-17(24)20-10-13-4-2-1-3-5-13/h1-9,12H,10-11H2,(H,20,24). The molecule has 0 saturated carbocycles. The SMILES string of the molecule is O=C(CN(C(=O)c1csnn1)c1ccc(F)cc1)NCc1ccccc1. The molecule has 2 amide bonds. The molecular weight excluding hydrogens is 355 g/mol. The van der Waals surface area contributed by atoms with Crippen LogP contribution in [0.25, 0.3) is 0 Å². The monoisotopic (exact) mass is 370 g/mol. The molecule has 8 heteroatoms. The van der Waals surface area contributed by atoms with E-state index in [9.17, 15) is 14.0 Å². The Morgan fingerprint density at radius 2 is 1.81 bits per heavy atom. The van der Waals surface area contributed by atoms with Crippen LogP contribution >= 0.6 is 11.5 Å². The van der Waals surface area contributed by atoms with Gasteiger partial charge in [-0.2, -0.15) is 0 Å². The van der Waals surface area contributed by atoms with Crippen molar-refractivity contribution in [2.45, 2.75) is 6.54 Å². The fourth-order valence-corrected chi connectivity index (χ4v) is 2.72. The summed E-state index contributed by atoms with van der Waals surface area (Å²) in [6.07, 6.45) is 0. The maximum atomic E-state index is 13.2. The van der Waals surface area contributed by atoms with Gasteiger partial charge < -0.3 is 5.32 Å². The molecule has 3 aromatic rings. The van der Waals surface area contributed by atoms with Crippen LogP contribution in [0, 0.1) is 5.82 Å². The van der Waals surface area contributed by atoms with E-state index in [4.69, 9.17) is 0 Å². The first kappa shape index (κ1) is 17.7. The van der Waals surface area contributed by atoms with Crippen LogP contribution in [0.15, 0.2) is 60.0 Å². The summed E-state index contributed by atoms with van der Waals surface area (Å²) < 4.78 is 16.9. The molecule has 132 valence electrons. The van der Waals surface area contributed by atoms with Gasteiger partial charge in [-0.25, -0.2) is 4.39 Å². The lowest BCUT2D eigenvalue weighted by Crippen LogP contribution is -2.40. The fraction of sp³-hybridized carbons (Fsp3) is 0.111. The second kappa shape index (κ2) is 8.30.